The van der Waals surface area contributed by atoms with Gasteiger partial charge in [0.2, 0.25) is 0 Å². The maximum absolute atomic E-state index is 6.33. The number of pyridine rings is 1. The molecule has 0 bridgehead atoms. The zero-order chi connectivity index (χ0) is 16.7. The molecular formula is C20H18ClN3. The molecule has 4 heteroatoms. The first-order chi connectivity index (χ1) is 11.6. The number of nitrogens with zero attached hydrogens (tertiary/aromatic N) is 3. The van der Waals surface area contributed by atoms with E-state index in [0.29, 0.717) is 0 Å². The van der Waals surface area contributed by atoms with Crippen molar-refractivity contribution in [1.82, 2.24) is 14.0 Å². The van der Waals surface area contributed by atoms with Crippen molar-refractivity contribution in [3.05, 3.63) is 82.9 Å². The monoisotopic (exact) mass is 335 g/mol. The summed E-state index contributed by atoms with van der Waals surface area (Å²) in [7, 11) is 0. The van der Waals surface area contributed by atoms with Crippen LogP contribution in [0, 0.1) is 13.8 Å². The Morgan fingerprint density at radius 2 is 1.83 bits per heavy atom. The molecule has 0 aliphatic rings. The van der Waals surface area contributed by atoms with Gasteiger partial charge in [0, 0.05) is 40.9 Å². The summed E-state index contributed by atoms with van der Waals surface area (Å²) in [4.78, 5) is 4.75. The van der Waals surface area contributed by atoms with Crippen LogP contribution in [0.15, 0.2) is 60.9 Å². The Morgan fingerprint density at radius 1 is 1.04 bits per heavy atom. The molecule has 0 spiro atoms. The van der Waals surface area contributed by atoms with Crippen molar-refractivity contribution in [3.8, 4) is 11.3 Å². The zero-order valence-corrected chi connectivity index (χ0v) is 14.5. The first-order valence-corrected chi connectivity index (χ1v) is 8.35. The van der Waals surface area contributed by atoms with Crippen LogP contribution in [-0.2, 0) is 6.54 Å². The summed E-state index contributed by atoms with van der Waals surface area (Å²) in [5, 5.41) is 0.805. The molecule has 1 aromatic carbocycles. The van der Waals surface area contributed by atoms with Crippen molar-refractivity contribution in [1.29, 1.82) is 0 Å². The largest absolute Gasteiger partial charge is 0.344 e. The van der Waals surface area contributed by atoms with Crippen molar-refractivity contribution < 1.29 is 0 Å². The van der Waals surface area contributed by atoms with E-state index < -0.39 is 0 Å². The molecule has 0 atom stereocenters. The van der Waals surface area contributed by atoms with Gasteiger partial charge < -0.3 is 8.97 Å². The maximum Gasteiger partial charge on any atom is 0.137 e. The number of aryl methyl sites for hydroxylation is 1. The van der Waals surface area contributed by atoms with Gasteiger partial charge in [0.05, 0.1) is 5.69 Å². The van der Waals surface area contributed by atoms with Gasteiger partial charge in [-0.3, -0.25) is 0 Å². The SMILES string of the molecule is Cc1cc(-c2cn3ccccc3n2)c(C)n1Cc1ccccc1Cl. The number of fused-ring (bicyclic) bond motifs is 1. The fraction of sp³-hybridized carbons (Fsp3) is 0.150. The fourth-order valence-corrected chi connectivity index (χ4v) is 3.36. The third-order valence-electron chi connectivity index (χ3n) is 4.50. The lowest BCUT2D eigenvalue weighted by Gasteiger charge is -2.11. The van der Waals surface area contributed by atoms with Gasteiger partial charge in [0.1, 0.15) is 5.65 Å². The number of aromatic nitrogens is 3. The summed E-state index contributed by atoms with van der Waals surface area (Å²) in [5.74, 6) is 0. The van der Waals surface area contributed by atoms with Crippen molar-refractivity contribution in [2.45, 2.75) is 20.4 Å². The number of hydrogen-bond donors (Lipinski definition) is 0. The van der Waals surface area contributed by atoms with Crippen LogP contribution in [-0.4, -0.2) is 14.0 Å². The smallest absolute Gasteiger partial charge is 0.137 e. The van der Waals surface area contributed by atoms with Crippen LogP contribution in [0.5, 0.6) is 0 Å². The second-order valence-electron chi connectivity index (χ2n) is 6.05. The van der Waals surface area contributed by atoms with E-state index in [9.17, 15) is 0 Å². The Kier molecular flexibility index (Phi) is 3.66. The van der Waals surface area contributed by atoms with Crippen LogP contribution in [0.3, 0.4) is 0 Å². The fourth-order valence-electron chi connectivity index (χ4n) is 3.17. The highest BCUT2D eigenvalue weighted by atomic mass is 35.5. The average molecular weight is 336 g/mol. The van der Waals surface area contributed by atoms with E-state index in [1.807, 2.05) is 42.6 Å². The number of benzene rings is 1. The summed E-state index contributed by atoms with van der Waals surface area (Å²) >= 11 is 6.33. The van der Waals surface area contributed by atoms with Gasteiger partial charge in [-0.15, -0.1) is 0 Å². The van der Waals surface area contributed by atoms with Crippen LogP contribution in [0.1, 0.15) is 17.0 Å². The predicted octanol–water partition coefficient (Wildman–Crippen LogP) is 5.12. The second kappa shape index (κ2) is 5.84. The molecular weight excluding hydrogens is 318 g/mol. The standard InChI is InChI=1S/C20H18ClN3/c1-14-11-17(19-13-23-10-6-5-9-20(23)22-19)15(2)24(14)12-16-7-3-4-8-18(16)21/h3-11,13H,12H2,1-2H3. The predicted molar refractivity (Wildman–Crippen MR) is 98.6 cm³/mol. The molecule has 0 radical (unpaired) electrons. The summed E-state index contributed by atoms with van der Waals surface area (Å²) in [6.45, 7) is 5.04. The van der Waals surface area contributed by atoms with Crippen molar-refractivity contribution in [3.63, 3.8) is 0 Å². The Morgan fingerprint density at radius 3 is 2.62 bits per heavy atom. The Labute approximate surface area is 146 Å². The number of rotatable bonds is 3. The van der Waals surface area contributed by atoms with E-state index in [-0.39, 0.29) is 0 Å². The molecule has 0 unspecified atom stereocenters. The molecule has 0 aliphatic carbocycles. The highest BCUT2D eigenvalue weighted by Gasteiger charge is 2.14. The van der Waals surface area contributed by atoms with Gasteiger partial charge in [-0.25, -0.2) is 4.98 Å². The topological polar surface area (TPSA) is 22.2 Å². The Bertz CT molecular complexity index is 993. The summed E-state index contributed by atoms with van der Waals surface area (Å²) < 4.78 is 4.34. The third kappa shape index (κ3) is 2.51. The minimum Gasteiger partial charge on any atom is -0.344 e. The molecule has 4 rings (SSSR count). The summed E-state index contributed by atoms with van der Waals surface area (Å²) in [6, 6.07) is 16.2. The van der Waals surface area contributed by atoms with Crippen molar-refractivity contribution in [2.75, 3.05) is 0 Å². The average Bonchev–Trinajstić information content (AvgIpc) is 3.12. The van der Waals surface area contributed by atoms with Crippen LogP contribution in [0.4, 0.5) is 0 Å². The third-order valence-corrected chi connectivity index (χ3v) is 4.87. The molecule has 0 aliphatic heterocycles. The first-order valence-electron chi connectivity index (χ1n) is 7.98. The molecule has 24 heavy (non-hydrogen) atoms. The lowest BCUT2D eigenvalue weighted by molar-refractivity contribution is 0.750. The first kappa shape index (κ1) is 15.0. The van der Waals surface area contributed by atoms with Gasteiger partial charge in [-0.1, -0.05) is 35.9 Å². The number of halogens is 1. The minimum atomic E-state index is 0.769. The molecule has 4 aromatic rings. The van der Waals surface area contributed by atoms with E-state index >= 15 is 0 Å². The zero-order valence-electron chi connectivity index (χ0n) is 13.7. The quantitative estimate of drug-likeness (QED) is 0.509. The van der Waals surface area contributed by atoms with Gasteiger partial charge in [-0.2, -0.15) is 0 Å². The van der Waals surface area contributed by atoms with Crippen molar-refractivity contribution >= 4 is 17.2 Å². The minimum absolute atomic E-state index is 0.769. The molecule has 0 fully saturated rings. The van der Waals surface area contributed by atoms with Crippen LogP contribution in [0.25, 0.3) is 16.9 Å². The van der Waals surface area contributed by atoms with E-state index in [0.717, 1.165) is 28.5 Å². The molecule has 0 saturated heterocycles. The van der Waals surface area contributed by atoms with E-state index in [2.05, 4.69) is 41.1 Å². The highest BCUT2D eigenvalue weighted by molar-refractivity contribution is 6.31. The molecule has 3 nitrogen and oxygen atoms in total. The lowest BCUT2D eigenvalue weighted by atomic mass is 10.2. The maximum atomic E-state index is 6.33. The molecule has 120 valence electrons. The number of hydrogen-bond acceptors (Lipinski definition) is 1. The summed E-state index contributed by atoms with van der Waals surface area (Å²) in [6.07, 6.45) is 4.10. The molecule has 3 aromatic heterocycles. The molecule has 0 N–H and O–H groups in total. The van der Waals surface area contributed by atoms with Crippen molar-refractivity contribution in [2.24, 2.45) is 0 Å². The highest BCUT2D eigenvalue weighted by Crippen LogP contribution is 2.28. The van der Waals surface area contributed by atoms with Crippen LogP contribution in [0.2, 0.25) is 5.02 Å². The van der Waals surface area contributed by atoms with E-state index in [4.69, 9.17) is 16.6 Å². The molecule has 0 amide bonds. The Balaban J connectivity index is 1.77. The van der Waals surface area contributed by atoms with Gasteiger partial charge >= 0.3 is 0 Å². The lowest BCUT2D eigenvalue weighted by Crippen LogP contribution is -2.04. The van der Waals surface area contributed by atoms with E-state index in [1.165, 1.54) is 17.0 Å². The molecule has 0 saturated carbocycles. The normalized spacial score (nSPS) is 11.3. The second-order valence-corrected chi connectivity index (χ2v) is 6.46. The van der Waals surface area contributed by atoms with Crippen LogP contribution < -0.4 is 0 Å². The van der Waals surface area contributed by atoms with Gasteiger partial charge in [0.25, 0.3) is 0 Å². The summed E-state index contributed by atoms with van der Waals surface area (Å²) in [5.41, 5.74) is 6.67. The molecule has 3 heterocycles. The Hall–Kier alpha value is -2.52. The number of imidazole rings is 1. The van der Waals surface area contributed by atoms with E-state index in [1.54, 1.807) is 0 Å². The van der Waals surface area contributed by atoms with Gasteiger partial charge in [0.15, 0.2) is 0 Å². The van der Waals surface area contributed by atoms with Crippen LogP contribution >= 0.6 is 11.6 Å². The van der Waals surface area contributed by atoms with Gasteiger partial charge in [-0.05, 0) is 43.7 Å².